The summed E-state index contributed by atoms with van der Waals surface area (Å²) in [5.41, 5.74) is 11.6. The number of hydrogen-bond acceptors (Lipinski definition) is 5. The van der Waals surface area contributed by atoms with Gasteiger partial charge in [-0.25, -0.2) is 15.0 Å². The van der Waals surface area contributed by atoms with Crippen LogP contribution in [0.1, 0.15) is 11.1 Å². The van der Waals surface area contributed by atoms with Gasteiger partial charge in [-0.2, -0.15) is 0 Å². The number of nitrogens with one attached hydrogen (secondary N) is 1. The van der Waals surface area contributed by atoms with Crippen LogP contribution >= 0.6 is 11.3 Å². The zero-order valence-corrected chi connectivity index (χ0v) is 35.3. The van der Waals surface area contributed by atoms with Crippen LogP contribution in [0.3, 0.4) is 0 Å². The van der Waals surface area contributed by atoms with Gasteiger partial charge >= 0.3 is 0 Å². The average molecular weight is 836 g/mol. The number of rotatable bonds is 8. The van der Waals surface area contributed by atoms with Gasteiger partial charge in [-0.1, -0.05) is 182 Å². The Morgan fingerprint density at radius 1 is 0.406 bits per heavy atom. The van der Waals surface area contributed by atoms with E-state index in [1.54, 1.807) is 11.3 Å². The Kier molecular flexibility index (Phi) is 9.09. The molecule has 0 saturated carbocycles. The van der Waals surface area contributed by atoms with Gasteiger partial charge in [-0.3, -0.25) is 5.41 Å². The second-order valence-electron chi connectivity index (χ2n) is 16.0. The molecule has 3 heterocycles. The first-order chi connectivity index (χ1) is 31.6. The lowest BCUT2D eigenvalue weighted by molar-refractivity contribution is 1.07. The number of benzene rings is 9. The van der Waals surface area contributed by atoms with Crippen LogP contribution in [0.2, 0.25) is 0 Å². The molecule has 0 spiro atoms. The van der Waals surface area contributed by atoms with Crippen molar-refractivity contribution in [3.63, 3.8) is 0 Å². The minimum Gasteiger partial charge on any atom is -0.309 e. The molecule has 6 heteroatoms. The Morgan fingerprint density at radius 2 is 0.938 bits per heavy atom. The van der Waals surface area contributed by atoms with Crippen LogP contribution in [-0.2, 0) is 0 Å². The number of fused-ring (bicyclic) bond motifs is 5. The fourth-order valence-electron chi connectivity index (χ4n) is 9.05. The van der Waals surface area contributed by atoms with Crippen molar-refractivity contribution in [2.24, 2.45) is 0 Å². The van der Waals surface area contributed by atoms with E-state index in [0.29, 0.717) is 23.2 Å². The first kappa shape index (κ1) is 37.4. The summed E-state index contributed by atoms with van der Waals surface area (Å²) in [6.07, 6.45) is 0. The SMILES string of the molecule is N=C(c1cccc(-c2ccc(-c3nc(-c4ccccc4)nc(-c4cccc(-n5c6ccccc6c6ccccc65)c4)n3)cc2)c1)c1c(-c2cccc3ccccc23)sc2ccccc12. The van der Waals surface area contributed by atoms with Crippen molar-refractivity contribution >= 4 is 59.7 Å². The average Bonchev–Trinajstić information content (AvgIpc) is 3.93. The van der Waals surface area contributed by atoms with E-state index in [9.17, 15) is 5.41 Å². The van der Waals surface area contributed by atoms with E-state index in [1.165, 1.54) is 26.2 Å². The maximum Gasteiger partial charge on any atom is 0.164 e. The van der Waals surface area contributed by atoms with Crippen LogP contribution in [0.5, 0.6) is 0 Å². The summed E-state index contributed by atoms with van der Waals surface area (Å²) in [6.45, 7) is 0. The van der Waals surface area contributed by atoms with E-state index in [2.05, 4.69) is 187 Å². The molecular weight excluding hydrogens is 799 g/mol. The van der Waals surface area contributed by atoms with Gasteiger partial charge in [0.15, 0.2) is 17.5 Å². The summed E-state index contributed by atoms with van der Waals surface area (Å²) in [4.78, 5) is 16.4. The Bertz CT molecular complexity index is 3690. The minimum atomic E-state index is 0.507. The molecule has 0 bridgehead atoms. The second kappa shape index (κ2) is 15.5. The van der Waals surface area contributed by atoms with Gasteiger partial charge in [0.2, 0.25) is 0 Å². The Balaban J connectivity index is 0.912. The van der Waals surface area contributed by atoms with Crippen LogP contribution in [-0.4, -0.2) is 25.2 Å². The molecule has 0 amide bonds. The third-order valence-corrected chi connectivity index (χ3v) is 13.3. The first-order valence-corrected chi connectivity index (χ1v) is 22.2. The fourth-order valence-corrected chi connectivity index (χ4v) is 10.3. The highest BCUT2D eigenvalue weighted by atomic mass is 32.1. The van der Waals surface area contributed by atoms with Gasteiger partial charge in [0.05, 0.1) is 16.7 Å². The lowest BCUT2D eigenvalue weighted by atomic mass is 9.93. The van der Waals surface area contributed by atoms with Crippen molar-refractivity contribution in [2.45, 2.75) is 0 Å². The lowest BCUT2D eigenvalue weighted by Crippen LogP contribution is -2.03. The molecule has 12 aromatic rings. The van der Waals surface area contributed by atoms with Gasteiger partial charge in [0, 0.05) is 64.8 Å². The minimum absolute atomic E-state index is 0.507. The number of thiophene rings is 1. The zero-order valence-electron chi connectivity index (χ0n) is 34.5. The highest BCUT2D eigenvalue weighted by Gasteiger charge is 2.21. The van der Waals surface area contributed by atoms with Gasteiger partial charge < -0.3 is 4.57 Å². The van der Waals surface area contributed by atoms with Crippen molar-refractivity contribution in [2.75, 3.05) is 0 Å². The van der Waals surface area contributed by atoms with E-state index in [1.807, 2.05) is 36.4 Å². The van der Waals surface area contributed by atoms with Crippen LogP contribution in [0.15, 0.2) is 218 Å². The molecule has 3 aromatic heterocycles. The van der Waals surface area contributed by atoms with Gasteiger partial charge in [-0.05, 0) is 58.3 Å². The molecule has 5 nitrogen and oxygen atoms in total. The Labute approximate surface area is 373 Å². The molecule has 0 radical (unpaired) electrons. The molecule has 0 atom stereocenters. The summed E-state index contributed by atoms with van der Waals surface area (Å²) in [7, 11) is 0. The molecule has 0 fully saturated rings. The molecular formula is C58H37N5S. The fraction of sp³-hybridized carbons (Fsp3) is 0. The van der Waals surface area contributed by atoms with Gasteiger partial charge in [0.1, 0.15) is 0 Å². The van der Waals surface area contributed by atoms with Crippen molar-refractivity contribution in [1.29, 1.82) is 5.41 Å². The van der Waals surface area contributed by atoms with E-state index in [4.69, 9.17) is 15.0 Å². The predicted octanol–water partition coefficient (Wildman–Crippen LogP) is 15.1. The summed E-state index contributed by atoms with van der Waals surface area (Å²) in [5, 5.41) is 15.7. The highest BCUT2D eigenvalue weighted by molar-refractivity contribution is 7.23. The van der Waals surface area contributed by atoms with E-state index in [0.717, 1.165) is 71.5 Å². The molecule has 0 aliphatic rings. The Hall–Kier alpha value is -8.32. The van der Waals surface area contributed by atoms with Crippen LogP contribution in [0.4, 0.5) is 0 Å². The molecule has 12 rings (SSSR count). The first-order valence-electron chi connectivity index (χ1n) is 21.3. The van der Waals surface area contributed by atoms with Crippen molar-refractivity contribution in [3.05, 3.63) is 230 Å². The second-order valence-corrected chi connectivity index (χ2v) is 17.0. The zero-order chi connectivity index (χ0) is 42.6. The molecule has 9 aromatic carbocycles. The molecule has 0 unspecified atom stereocenters. The summed E-state index contributed by atoms with van der Waals surface area (Å²) in [5.74, 6) is 1.81. The van der Waals surface area contributed by atoms with Crippen molar-refractivity contribution < 1.29 is 0 Å². The molecule has 0 aliphatic carbocycles. The predicted molar refractivity (Wildman–Crippen MR) is 267 cm³/mol. The number of nitrogens with zero attached hydrogens (tertiary/aromatic N) is 4. The van der Waals surface area contributed by atoms with Crippen LogP contribution in [0, 0.1) is 5.41 Å². The number of aromatic nitrogens is 4. The standard InChI is InChI=1S/C58H37N5S/c59-54(53-49-26-8-11-30-52(49)64-55(53)48-27-14-18-38-15-4-5-23-45(38)48)42-20-12-19-41(35-42)37-31-33-40(34-32-37)57-60-56(39-16-2-1-3-17-39)61-58(62-57)43-21-13-22-44(36-43)63-50-28-9-6-24-46(50)47-25-7-10-29-51(47)63/h1-36,59H. The monoisotopic (exact) mass is 835 g/mol. The van der Waals surface area contributed by atoms with Crippen molar-refractivity contribution in [1.82, 2.24) is 19.5 Å². The maximum atomic E-state index is 9.76. The third-order valence-electron chi connectivity index (χ3n) is 12.1. The molecule has 0 saturated heterocycles. The number of para-hydroxylation sites is 2. The van der Waals surface area contributed by atoms with E-state index in [-0.39, 0.29) is 0 Å². The lowest BCUT2D eigenvalue weighted by Gasteiger charge is -2.12. The van der Waals surface area contributed by atoms with Crippen LogP contribution in [0.25, 0.3) is 104 Å². The van der Waals surface area contributed by atoms with E-state index >= 15 is 0 Å². The normalized spacial score (nSPS) is 11.5. The molecule has 64 heavy (non-hydrogen) atoms. The van der Waals surface area contributed by atoms with Crippen molar-refractivity contribution in [3.8, 4) is 61.4 Å². The molecule has 300 valence electrons. The van der Waals surface area contributed by atoms with Gasteiger partial charge in [0.25, 0.3) is 0 Å². The largest absolute Gasteiger partial charge is 0.309 e. The number of hydrogen-bond donors (Lipinski definition) is 1. The quantitative estimate of drug-likeness (QED) is 0.155. The maximum absolute atomic E-state index is 9.76. The van der Waals surface area contributed by atoms with Crippen LogP contribution < -0.4 is 0 Å². The Morgan fingerprint density at radius 3 is 1.69 bits per heavy atom. The van der Waals surface area contributed by atoms with Gasteiger partial charge in [-0.15, -0.1) is 11.3 Å². The summed E-state index contributed by atoms with van der Waals surface area (Å²) in [6, 6.07) is 75.8. The summed E-state index contributed by atoms with van der Waals surface area (Å²) >= 11 is 1.76. The van der Waals surface area contributed by atoms with E-state index < -0.39 is 0 Å². The third kappa shape index (κ3) is 6.48. The smallest absolute Gasteiger partial charge is 0.164 e. The summed E-state index contributed by atoms with van der Waals surface area (Å²) < 4.78 is 3.49. The topological polar surface area (TPSA) is 67.5 Å². The molecule has 0 aliphatic heterocycles. The molecule has 1 N–H and O–H groups in total. The highest BCUT2D eigenvalue weighted by Crippen LogP contribution is 2.43.